The third-order valence-electron chi connectivity index (χ3n) is 4.85. The van der Waals surface area contributed by atoms with Crippen molar-refractivity contribution in [3.63, 3.8) is 0 Å². The molecule has 136 valence electrons. The highest BCUT2D eigenvalue weighted by Crippen LogP contribution is 2.20. The molecule has 2 aliphatic rings. The molecule has 7 heteroatoms. The standard InChI is InChI=1S/C18H25ClN4O2/c19-14-4-3-5-15(12-14)22-8-10-23(11-9-22)17(24)13-21-18(25)16-6-1-2-7-20-16/h3-5,12,16,20H,1-2,6-11,13H2,(H,21,25)/t16-/m1/s1. The smallest absolute Gasteiger partial charge is 0.242 e. The van der Waals surface area contributed by atoms with Crippen LogP contribution in [0.3, 0.4) is 0 Å². The lowest BCUT2D eigenvalue weighted by atomic mass is 10.0. The van der Waals surface area contributed by atoms with Gasteiger partial charge < -0.3 is 20.4 Å². The Hall–Kier alpha value is -1.79. The zero-order valence-corrected chi connectivity index (χ0v) is 15.1. The molecular formula is C18H25ClN4O2. The van der Waals surface area contributed by atoms with Gasteiger partial charge in [-0.25, -0.2) is 0 Å². The van der Waals surface area contributed by atoms with Gasteiger partial charge in [0.25, 0.3) is 0 Å². The Balaban J connectivity index is 1.43. The van der Waals surface area contributed by atoms with Crippen molar-refractivity contribution in [1.29, 1.82) is 0 Å². The van der Waals surface area contributed by atoms with Gasteiger partial charge in [-0.2, -0.15) is 0 Å². The lowest BCUT2D eigenvalue weighted by molar-refractivity contribution is -0.133. The molecule has 1 aromatic carbocycles. The molecule has 0 spiro atoms. The van der Waals surface area contributed by atoms with Crippen molar-refractivity contribution in [2.45, 2.75) is 25.3 Å². The van der Waals surface area contributed by atoms with Crippen molar-refractivity contribution in [2.75, 3.05) is 44.2 Å². The molecular weight excluding hydrogens is 340 g/mol. The van der Waals surface area contributed by atoms with Gasteiger partial charge in [-0.3, -0.25) is 9.59 Å². The second-order valence-electron chi connectivity index (χ2n) is 6.57. The first-order chi connectivity index (χ1) is 12.1. The van der Waals surface area contributed by atoms with Crippen LogP contribution in [-0.4, -0.2) is 62.0 Å². The predicted octanol–water partition coefficient (Wildman–Crippen LogP) is 1.25. The quantitative estimate of drug-likeness (QED) is 0.844. The van der Waals surface area contributed by atoms with E-state index in [4.69, 9.17) is 11.6 Å². The Morgan fingerprint density at radius 2 is 2.00 bits per heavy atom. The first kappa shape index (κ1) is 18.0. The molecule has 0 radical (unpaired) electrons. The van der Waals surface area contributed by atoms with Gasteiger partial charge in [0.15, 0.2) is 0 Å². The molecule has 2 amide bonds. The zero-order valence-electron chi connectivity index (χ0n) is 14.3. The Labute approximate surface area is 153 Å². The number of piperidine rings is 1. The number of nitrogens with one attached hydrogen (secondary N) is 2. The molecule has 0 bridgehead atoms. The third kappa shape index (κ3) is 4.86. The number of carbonyl (C=O) groups excluding carboxylic acids is 2. The van der Waals surface area contributed by atoms with Crippen LogP contribution in [0.2, 0.25) is 5.02 Å². The molecule has 0 aromatic heterocycles. The summed E-state index contributed by atoms with van der Waals surface area (Å²) >= 11 is 6.04. The van der Waals surface area contributed by atoms with Crippen molar-refractivity contribution in [2.24, 2.45) is 0 Å². The fraction of sp³-hybridized carbons (Fsp3) is 0.556. The molecule has 6 nitrogen and oxygen atoms in total. The summed E-state index contributed by atoms with van der Waals surface area (Å²) in [5, 5.41) is 6.69. The lowest BCUT2D eigenvalue weighted by Crippen LogP contribution is -2.53. The molecule has 0 saturated carbocycles. The van der Waals surface area contributed by atoms with E-state index in [-0.39, 0.29) is 24.4 Å². The normalized spacial score (nSPS) is 21.1. The van der Waals surface area contributed by atoms with E-state index in [0.29, 0.717) is 13.1 Å². The van der Waals surface area contributed by atoms with Crippen LogP contribution in [0.5, 0.6) is 0 Å². The molecule has 25 heavy (non-hydrogen) atoms. The molecule has 2 fully saturated rings. The predicted molar refractivity (Wildman–Crippen MR) is 98.9 cm³/mol. The van der Waals surface area contributed by atoms with Crippen LogP contribution in [0.4, 0.5) is 5.69 Å². The maximum Gasteiger partial charge on any atom is 0.242 e. The van der Waals surface area contributed by atoms with Gasteiger partial charge in [0.05, 0.1) is 12.6 Å². The van der Waals surface area contributed by atoms with Gasteiger partial charge in [-0.15, -0.1) is 0 Å². The summed E-state index contributed by atoms with van der Waals surface area (Å²) in [4.78, 5) is 28.5. The van der Waals surface area contributed by atoms with Crippen LogP contribution >= 0.6 is 11.6 Å². The highest BCUT2D eigenvalue weighted by atomic mass is 35.5. The van der Waals surface area contributed by atoms with E-state index in [0.717, 1.165) is 49.6 Å². The Morgan fingerprint density at radius 3 is 2.68 bits per heavy atom. The summed E-state index contributed by atoms with van der Waals surface area (Å²) in [5.74, 6) is -0.0829. The third-order valence-corrected chi connectivity index (χ3v) is 5.08. The van der Waals surface area contributed by atoms with Gasteiger partial charge in [0, 0.05) is 36.9 Å². The van der Waals surface area contributed by atoms with Crippen LogP contribution < -0.4 is 15.5 Å². The molecule has 1 aromatic rings. The van der Waals surface area contributed by atoms with Crippen LogP contribution in [0.1, 0.15) is 19.3 Å². The number of nitrogens with zero attached hydrogens (tertiary/aromatic N) is 2. The summed E-state index contributed by atoms with van der Waals surface area (Å²) in [6.45, 7) is 3.80. The summed E-state index contributed by atoms with van der Waals surface area (Å²) in [6, 6.07) is 7.61. The molecule has 2 N–H and O–H groups in total. The van der Waals surface area contributed by atoms with Gasteiger partial charge >= 0.3 is 0 Å². The van der Waals surface area contributed by atoms with E-state index in [1.165, 1.54) is 0 Å². The average Bonchev–Trinajstić information content (AvgIpc) is 2.66. The lowest BCUT2D eigenvalue weighted by Gasteiger charge is -2.36. The van der Waals surface area contributed by atoms with Crippen molar-refractivity contribution in [1.82, 2.24) is 15.5 Å². The number of benzene rings is 1. The minimum Gasteiger partial charge on any atom is -0.368 e. The molecule has 2 aliphatic heterocycles. The molecule has 3 rings (SSSR count). The molecule has 2 heterocycles. The summed E-state index contributed by atoms with van der Waals surface area (Å²) < 4.78 is 0. The SMILES string of the molecule is O=C(NCC(=O)N1CCN(c2cccc(Cl)c2)CC1)[C@H]1CCCCN1. The van der Waals surface area contributed by atoms with Gasteiger partial charge in [0.2, 0.25) is 11.8 Å². The van der Waals surface area contributed by atoms with Gasteiger partial charge in [-0.1, -0.05) is 24.1 Å². The number of anilines is 1. The van der Waals surface area contributed by atoms with E-state index < -0.39 is 0 Å². The number of halogens is 1. The van der Waals surface area contributed by atoms with Crippen molar-refractivity contribution in [3.05, 3.63) is 29.3 Å². The van der Waals surface area contributed by atoms with E-state index in [9.17, 15) is 9.59 Å². The number of rotatable bonds is 4. The minimum atomic E-state index is -0.152. The number of hydrogen-bond donors (Lipinski definition) is 2. The maximum absolute atomic E-state index is 12.3. The van der Waals surface area contributed by atoms with Crippen molar-refractivity contribution in [3.8, 4) is 0 Å². The first-order valence-electron chi connectivity index (χ1n) is 8.93. The van der Waals surface area contributed by atoms with Crippen LogP contribution in [0.25, 0.3) is 0 Å². The van der Waals surface area contributed by atoms with Crippen LogP contribution in [0, 0.1) is 0 Å². The van der Waals surface area contributed by atoms with Crippen molar-refractivity contribution < 1.29 is 9.59 Å². The summed E-state index contributed by atoms with van der Waals surface area (Å²) in [6.07, 6.45) is 3.02. The van der Waals surface area contributed by atoms with E-state index in [1.807, 2.05) is 29.2 Å². The maximum atomic E-state index is 12.3. The Kier molecular flexibility index (Phi) is 6.15. The average molecular weight is 365 g/mol. The molecule has 0 unspecified atom stereocenters. The second-order valence-corrected chi connectivity index (χ2v) is 7.00. The van der Waals surface area contributed by atoms with Crippen molar-refractivity contribution >= 4 is 29.1 Å². The Bertz CT molecular complexity index is 611. The molecule has 0 aliphatic carbocycles. The van der Waals surface area contributed by atoms with E-state index >= 15 is 0 Å². The van der Waals surface area contributed by atoms with E-state index in [1.54, 1.807) is 0 Å². The fourth-order valence-corrected chi connectivity index (χ4v) is 3.54. The summed E-state index contributed by atoms with van der Waals surface area (Å²) in [7, 11) is 0. The zero-order chi connectivity index (χ0) is 17.6. The number of amides is 2. The fourth-order valence-electron chi connectivity index (χ4n) is 3.36. The summed E-state index contributed by atoms with van der Waals surface area (Å²) in [5.41, 5.74) is 1.08. The molecule has 1 atom stereocenters. The van der Waals surface area contributed by atoms with Crippen LogP contribution in [-0.2, 0) is 9.59 Å². The Morgan fingerprint density at radius 1 is 1.20 bits per heavy atom. The van der Waals surface area contributed by atoms with Gasteiger partial charge in [0.1, 0.15) is 0 Å². The second kappa shape index (κ2) is 8.54. The molecule has 2 saturated heterocycles. The largest absolute Gasteiger partial charge is 0.368 e. The number of carbonyl (C=O) groups is 2. The number of hydrogen-bond acceptors (Lipinski definition) is 4. The number of piperazine rings is 1. The highest BCUT2D eigenvalue weighted by Gasteiger charge is 2.24. The monoisotopic (exact) mass is 364 g/mol. The van der Waals surface area contributed by atoms with E-state index in [2.05, 4.69) is 15.5 Å². The highest BCUT2D eigenvalue weighted by molar-refractivity contribution is 6.30. The van der Waals surface area contributed by atoms with Gasteiger partial charge in [-0.05, 0) is 37.6 Å². The first-order valence-corrected chi connectivity index (χ1v) is 9.30. The topological polar surface area (TPSA) is 64.7 Å². The van der Waals surface area contributed by atoms with Crippen LogP contribution in [0.15, 0.2) is 24.3 Å². The minimum absolute atomic E-state index is 0.0186.